The third kappa shape index (κ3) is 1.89. The maximum absolute atomic E-state index is 4.01. The Bertz CT molecular complexity index is 3630. The van der Waals surface area contributed by atoms with Gasteiger partial charge in [0.15, 0.2) is 0 Å². The first-order valence-corrected chi connectivity index (χ1v) is 19.1. The van der Waals surface area contributed by atoms with Gasteiger partial charge in [0.1, 0.15) is 0 Å². The summed E-state index contributed by atoms with van der Waals surface area (Å²) in [5.41, 5.74) is 7.58. The molecule has 0 radical (unpaired) electrons. The average molecular weight is 658 g/mol. The predicted octanol–water partition coefficient (Wildman–Crippen LogP) is 13.8. The molecular formula is C42H15N3S3. The zero-order valence-corrected chi connectivity index (χ0v) is 27.1. The van der Waals surface area contributed by atoms with Crippen molar-refractivity contribution >= 4 is 194 Å². The van der Waals surface area contributed by atoms with Crippen molar-refractivity contribution < 1.29 is 0 Å². The minimum absolute atomic E-state index is 1.23. The third-order valence-electron chi connectivity index (χ3n) is 12.4. The number of hydrogen-bond acceptors (Lipinski definition) is 3. The van der Waals surface area contributed by atoms with Crippen LogP contribution in [0.4, 0.5) is 0 Å². The van der Waals surface area contributed by atoms with Crippen LogP contribution >= 0.6 is 34.0 Å². The topological polar surface area (TPSA) is 47.4 Å². The third-order valence-corrected chi connectivity index (χ3v) is 15.4. The highest BCUT2D eigenvalue weighted by Crippen LogP contribution is 2.61. The lowest BCUT2D eigenvalue weighted by molar-refractivity contribution is 1.58. The summed E-state index contributed by atoms with van der Waals surface area (Å²) in [5, 5.41) is 36.8. The summed E-state index contributed by atoms with van der Waals surface area (Å²) in [4.78, 5) is 12.0. The average Bonchev–Trinajstić information content (AvgIpc) is 3.94. The molecule has 10 aromatic carbocycles. The zero-order chi connectivity index (χ0) is 30.0. The fraction of sp³-hybridized carbons (Fsp3) is 0. The smallest absolute Gasteiger partial charge is 0.0653 e. The van der Waals surface area contributed by atoms with Crippen molar-refractivity contribution in [3.05, 3.63) is 70.7 Å². The van der Waals surface area contributed by atoms with Crippen LogP contribution in [-0.4, -0.2) is 15.0 Å². The molecule has 6 aromatic heterocycles. The number of hydrogen-bond donors (Lipinski definition) is 3. The van der Waals surface area contributed by atoms with Gasteiger partial charge in [-0.25, -0.2) is 0 Å². The molecule has 0 atom stereocenters. The number of aromatic nitrogens is 3. The van der Waals surface area contributed by atoms with Gasteiger partial charge < -0.3 is 15.0 Å². The molecule has 48 heavy (non-hydrogen) atoms. The Labute approximate surface area is 278 Å². The van der Waals surface area contributed by atoms with Crippen LogP contribution in [-0.2, 0) is 0 Å². The largest absolute Gasteiger partial charge is 0.353 e. The fourth-order valence-electron chi connectivity index (χ4n) is 10.9. The lowest BCUT2D eigenvalue weighted by Crippen LogP contribution is -1.88. The first-order chi connectivity index (χ1) is 23.8. The highest BCUT2D eigenvalue weighted by molar-refractivity contribution is 7.21. The van der Waals surface area contributed by atoms with Gasteiger partial charge in [0.2, 0.25) is 0 Å². The highest BCUT2D eigenvalue weighted by atomic mass is 32.1. The van der Waals surface area contributed by atoms with Gasteiger partial charge in [-0.05, 0) is 50.5 Å². The molecule has 0 bridgehead atoms. The highest BCUT2D eigenvalue weighted by Gasteiger charge is 2.33. The summed E-state index contributed by atoms with van der Waals surface area (Å²) in [6.45, 7) is 0. The summed E-state index contributed by atoms with van der Waals surface area (Å²) < 4.78 is 4.14. The van der Waals surface area contributed by atoms with Crippen molar-refractivity contribution in [3.8, 4) is 0 Å². The van der Waals surface area contributed by atoms with Crippen LogP contribution in [0.25, 0.3) is 160 Å². The molecule has 0 aliphatic rings. The summed E-state index contributed by atoms with van der Waals surface area (Å²) >= 11 is 5.74. The van der Waals surface area contributed by atoms with E-state index in [9.17, 15) is 0 Å². The number of rotatable bonds is 0. The molecule has 0 fully saturated rings. The Morgan fingerprint density at radius 2 is 0.604 bits per heavy atom. The van der Waals surface area contributed by atoms with E-state index >= 15 is 0 Å². The second-order valence-electron chi connectivity index (χ2n) is 14.1. The van der Waals surface area contributed by atoms with E-state index in [-0.39, 0.29) is 0 Å². The van der Waals surface area contributed by atoms with E-state index in [1.807, 2.05) is 34.0 Å². The summed E-state index contributed by atoms with van der Waals surface area (Å²) in [6, 6.07) is 20.7. The number of fused-ring (bicyclic) bond motifs is 6. The van der Waals surface area contributed by atoms with E-state index < -0.39 is 0 Å². The molecule has 0 spiro atoms. The van der Waals surface area contributed by atoms with Crippen LogP contribution in [0, 0.1) is 0 Å². The number of benzene rings is 7. The normalized spacial score (nSPS) is 14.2. The van der Waals surface area contributed by atoms with Crippen LogP contribution < -0.4 is 0 Å². The molecule has 3 nitrogen and oxygen atoms in total. The minimum Gasteiger partial charge on any atom is -0.353 e. The van der Waals surface area contributed by atoms with Crippen molar-refractivity contribution in [1.29, 1.82) is 0 Å². The molecule has 0 aliphatic heterocycles. The van der Waals surface area contributed by atoms with Gasteiger partial charge >= 0.3 is 0 Å². The number of nitrogens with one attached hydrogen (secondary N) is 3. The van der Waals surface area contributed by atoms with E-state index in [1.165, 1.54) is 160 Å². The van der Waals surface area contributed by atoms with Crippen molar-refractivity contribution in [1.82, 2.24) is 15.0 Å². The molecular weight excluding hydrogens is 643 g/mol. The van der Waals surface area contributed by atoms with Gasteiger partial charge in [-0.15, -0.1) is 34.0 Å². The molecule has 6 heteroatoms. The minimum atomic E-state index is 1.23. The Balaban J connectivity index is 1.52. The SMILES string of the molecule is c1cc2[nH]c3c4scc5c6cccc7[nH]c8c9scc%10c%11cccc%12[nH]c%13c%14scc%15c(c1)c2c3c1c(c54)c(c8c76)c(c%109)c(c%13c%12%11)c1c%15%14. The lowest BCUT2D eigenvalue weighted by atomic mass is 9.86. The number of H-pyrrole nitrogens is 3. The lowest BCUT2D eigenvalue weighted by Gasteiger charge is -2.16. The van der Waals surface area contributed by atoms with Crippen LogP contribution in [0.5, 0.6) is 0 Å². The standard InChI is InChI=1S/C42H15N3S3/c1-4-13-16-10-46-40-25(16)28-31-29-26-17(11-47-41(26)37-34(31)22(13)19(7-1)43-37)14-5-2-9-21-24(14)36-33(29)30-27-18(12-48-42(27)39(36)45-21)15-6-3-8-20-23(15)35(32(28)30)38(40)44-20/h1-12,43-45H. The van der Waals surface area contributed by atoms with Crippen molar-refractivity contribution in [3.63, 3.8) is 0 Å². The van der Waals surface area contributed by atoms with Gasteiger partial charge in [-0.3, -0.25) is 0 Å². The Morgan fingerprint density at radius 1 is 0.292 bits per heavy atom. The van der Waals surface area contributed by atoms with Gasteiger partial charge in [-0.1, -0.05) is 36.4 Å². The molecule has 16 rings (SSSR count). The number of thiophene rings is 3. The van der Waals surface area contributed by atoms with E-state index in [4.69, 9.17) is 0 Å². The fourth-order valence-corrected chi connectivity index (χ4v) is 14.1. The van der Waals surface area contributed by atoms with Crippen LogP contribution in [0.1, 0.15) is 0 Å². The molecule has 0 saturated heterocycles. The number of aromatic amines is 3. The Kier molecular flexibility index (Phi) is 3.02. The van der Waals surface area contributed by atoms with Crippen molar-refractivity contribution in [2.24, 2.45) is 0 Å². The Hall–Kier alpha value is -5.40. The van der Waals surface area contributed by atoms with Crippen molar-refractivity contribution in [2.45, 2.75) is 0 Å². The van der Waals surface area contributed by atoms with E-state index in [1.54, 1.807) is 0 Å². The van der Waals surface area contributed by atoms with Crippen LogP contribution in [0.3, 0.4) is 0 Å². The second kappa shape index (κ2) is 6.51. The van der Waals surface area contributed by atoms with Gasteiger partial charge in [0.05, 0.1) is 30.6 Å². The maximum Gasteiger partial charge on any atom is 0.0653 e. The Morgan fingerprint density at radius 3 is 0.938 bits per heavy atom. The van der Waals surface area contributed by atoms with Crippen molar-refractivity contribution in [2.75, 3.05) is 0 Å². The molecule has 0 unspecified atom stereocenters. The van der Waals surface area contributed by atoms with Gasteiger partial charge in [0, 0.05) is 114 Å². The molecule has 3 N–H and O–H groups in total. The molecule has 0 saturated carbocycles. The van der Waals surface area contributed by atoms with E-state index in [0.29, 0.717) is 0 Å². The van der Waals surface area contributed by atoms with Crippen LogP contribution in [0.15, 0.2) is 70.7 Å². The van der Waals surface area contributed by atoms with E-state index in [2.05, 4.69) is 85.7 Å². The molecule has 0 amide bonds. The molecule has 16 aromatic rings. The quantitative estimate of drug-likeness (QED) is 0.136. The monoisotopic (exact) mass is 657 g/mol. The summed E-state index contributed by atoms with van der Waals surface area (Å²) in [6.07, 6.45) is 0. The maximum atomic E-state index is 4.01. The first kappa shape index (κ1) is 22.2. The molecule has 6 heterocycles. The zero-order valence-electron chi connectivity index (χ0n) is 24.7. The van der Waals surface area contributed by atoms with Gasteiger partial charge in [-0.2, -0.15) is 0 Å². The predicted molar refractivity (Wildman–Crippen MR) is 213 cm³/mol. The molecule has 0 aliphatic carbocycles. The molecule has 216 valence electrons. The van der Waals surface area contributed by atoms with E-state index in [0.717, 1.165) is 0 Å². The van der Waals surface area contributed by atoms with Crippen LogP contribution in [0.2, 0.25) is 0 Å². The summed E-state index contributed by atoms with van der Waals surface area (Å²) in [7, 11) is 0. The summed E-state index contributed by atoms with van der Waals surface area (Å²) in [5.74, 6) is 0. The first-order valence-electron chi connectivity index (χ1n) is 16.4. The second-order valence-corrected chi connectivity index (χ2v) is 16.8. The van der Waals surface area contributed by atoms with Gasteiger partial charge in [0.25, 0.3) is 0 Å².